The van der Waals surface area contributed by atoms with Crippen LogP contribution in [0.2, 0.25) is 0 Å². The van der Waals surface area contributed by atoms with E-state index in [1.807, 2.05) is 31.2 Å². The van der Waals surface area contributed by atoms with Gasteiger partial charge in [0.2, 0.25) is 0 Å². The zero-order valence-electron chi connectivity index (χ0n) is 12.0. The molecule has 3 nitrogen and oxygen atoms in total. The topological polar surface area (TPSA) is 43.8 Å². The van der Waals surface area contributed by atoms with Gasteiger partial charge in [0.05, 0.1) is 5.56 Å². The van der Waals surface area contributed by atoms with Gasteiger partial charge in [0.25, 0.3) is 0 Å². The molecule has 0 aliphatic rings. The molecular formula is C17H16FN3. The van der Waals surface area contributed by atoms with Gasteiger partial charge in [-0.3, -0.25) is 4.68 Å². The summed E-state index contributed by atoms with van der Waals surface area (Å²) in [5.41, 5.74) is 10.8. The van der Waals surface area contributed by atoms with Crippen molar-refractivity contribution in [1.29, 1.82) is 0 Å². The molecule has 106 valence electrons. The molecule has 3 rings (SSSR count). The van der Waals surface area contributed by atoms with Crippen LogP contribution in [-0.2, 0) is 7.05 Å². The minimum Gasteiger partial charge on any atom is -0.383 e. The fourth-order valence-electron chi connectivity index (χ4n) is 2.35. The molecule has 4 heteroatoms. The maximum Gasteiger partial charge on any atom is 0.129 e. The van der Waals surface area contributed by atoms with E-state index in [1.54, 1.807) is 23.9 Å². The van der Waals surface area contributed by atoms with Crippen molar-refractivity contribution in [3.05, 3.63) is 59.9 Å². The lowest BCUT2D eigenvalue weighted by Crippen LogP contribution is -1.97. The van der Waals surface area contributed by atoms with Gasteiger partial charge in [-0.2, -0.15) is 5.10 Å². The number of nitrogen functional groups attached to an aromatic ring is 1. The van der Waals surface area contributed by atoms with E-state index in [0.717, 1.165) is 22.4 Å². The van der Waals surface area contributed by atoms with Crippen molar-refractivity contribution >= 4 is 5.82 Å². The Balaban J connectivity index is 2.20. The van der Waals surface area contributed by atoms with Gasteiger partial charge in [-0.05, 0) is 36.8 Å². The summed E-state index contributed by atoms with van der Waals surface area (Å²) < 4.78 is 14.8. The number of nitrogens with two attached hydrogens (primary N) is 1. The number of hydrogen-bond acceptors (Lipinski definition) is 2. The average Bonchev–Trinajstić information content (AvgIpc) is 2.77. The number of halogens is 1. The smallest absolute Gasteiger partial charge is 0.129 e. The molecule has 0 amide bonds. The lowest BCUT2D eigenvalue weighted by molar-refractivity contribution is 0.628. The van der Waals surface area contributed by atoms with Crippen LogP contribution < -0.4 is 5.73 Å². The molecule has 3 aromatic rings. The molecule has 2 N–H and O–H groups in total. The maximum atomic E-state index is 13.1. The third-order valence-electron chi connectivity index (χ3n) is 3.55. The predicted molar refractivity (Wildman–Crippen MR) is 83.2 cm³/mol. The Hall–Kier alpha value is -2.62. The molecule has 0 unspecified atom stereocenters. The SMILES string of the molecule is Cc1ccc(-c2c(-c3ccc(F)cc3)nn(C)c2N)cc1. The number of anilines is 1. The van der Waals surface area contributed by atoms with E-state index >= 15 is 0 Å². The lowest BCUT2D eigenvalue weighted by Gasteiger charge is -2.05. The molecule has 0 radical (unpaired) electrons. The fourth-order valence-corrected chi connectivity index (χ4v) is 2.35. The van der Waals surface area contributed by atoms with Crippen molar-refractivity contribution in [2.24, 2.45) is 7.05 Å². The molecule has 0 fully saturated rings. The van der Waals surface area contributed by atoms with Gasteiger partial charge in [0.1, 0.15) is 17.3 Å². The van der Waals surface area contributed by atoms with Crippen LogP contribution in [0.3, 0.4) is 0 Å². The molecule has 0 aliphatic heterocycles. The summed E-state index contributed by atoms with van der Waals surface area (Å²) >= 11 is 0. The van der Waals surface area contributed by atoms with Crippen molar-refractivity contribution in [2.75, 3.05) is 5.73 Å². The molecular weight excluding hydrogens is 265 g/mol. The van der Waals surface area contributed by atoms with E-state index in [0.29, 0.717) is 5.82 Å². The third kappa shape index (κ3) is 2.40. The Morgan fingerprint density at radius 2 is 1.52 bits per heavy atom. The van der Waals surface area contributed by atoms with E-state index in [9.17, 15) is 4.39 Å². The Labute approximate surface area is 122 Å². The Morgan fingerprint density at radius 3 is 2.14 bits per heavy atom. The van der Waals surface area contributed by atoms with Crippen molar-refractivity contribution < 1.29 is 4.39 Å². The summed E-state index contributed by atoms with van der Waals surface area (Å²) in [6.45, 7) is 2.04. The van der Waals surface area contributed by atoms with Crippen molar-refractivity contribution in [2.45, 2.75) is 6.92 Å². The molecule has 0 atom stereocenters. The molecule has 2 aromatic carbocycles. The first kappa shape index (κ1) is 13.4. The minimum atomic E-state index is -0.264. The standard InChI is InChI=1S/C17H16FN3/c1-11-3-5-12(6-4-11)15-16(20-21(2)17(15)19)13-7-9-14(18)10-8-13/h3-10H,19H2,1-2H3. The van der Waals surface area contributed by atoms with Crippen LogP contribution in [-0.4, -0.2) is 9.78 Å². The van der Waals surface area contributed by atoms with Gasteiger partial charge in [0.15, 0.2) is 0 Å². The molecule has 21 heavy (non-hydrogen) atoms. The van der Waals surface area contributed by atoms with Gasteiger partial charge < -0.3 is 5.73 Å². The van der Waals surface area contributed by atoms with Crippen LogP contribution in [0.25, 0.3) is 22.4 Å². The highest BCUT2D eigenvalue weighted by Gasteiger charge is 2.17. The molecule has 0 bridgehead atoms. The fraction of sp³-hybridized carbons (Fsp3) is 0.118. The summed E-state index contributed by atoms with van der Waals surface area (Å²) in [5.74, 6) is 0.331. The van der Waals surface area contributed by atoms with Crippen LogP contribution in [0, 0.1) is 12.7 Å². The quantitative estimate of drug-likeness (QED) is 0.776. The number of nitrogens with zero attached hydrogens (tertiary/aromatic N) is 2. The monoisotopic (exact) mass is 281 g/mol. The summed E-state index contributed by atoms with van der Waals surface area (Å²) in [6, 6.07) is 14.4. The largest absolute Gasteiger partial charge is 0.383 e. The number of hydrogen-bond donors (Lipinski definition) is 1. The molecule has 1 aromatic heterocycles. The second kappa shape index (κ2) is 5.05. The van der Waals surface area contributed by atoms with Crippen LogP contribution in [0.1, 0.15) is 5.56 Å². The molecule has 0 saturated heterocycles. The van der Waals surface area contributed by atoms with Gasteiger partial charge in [-0.15, -0.1) is 0 Å². The lowest BCUT2D eigenvalue weighted by atomic mass is 10.00. The number of aromatic nitrogens is 2. The van der Waals surface area contributed by atoms with E-state index in [4.69, 9.17) is 5.73 Å². The highest BCUT2D eigenvalue weighted by Crippen LogP contribution is 2.35. The third-order valence-corrected chi connectivity index (χ3v) is 3.55. The molecule has 0 saturated carbocycles. The van der Waals surface area contributed by atoms with Crippen molar-refractivity contribution in [1.82, 2.24) is 9.78 Å². The highest BCUT2D eigenvalue weighted by molar-refractivity contribution is 5.88. The molecule has 0 spiro atoms. The molecule has 0 aliphatic carbocycles. The van der Waals surface area contributed by atoms with Gasteiger partial charge in [-0.25, -0.2) is 4.39 Å². The maximum absolute atomic E-state index is 13.1. The van der Waals surface area contributed by atoms with Crippen LogP contribution in [0.4, 0.5) is 10.2 Å². The molecule has 1 heterocycles. The van der Waals surface area contributed by atoms with E-state index in [1.165, 1.54) is 17.7 Å². The van der Waals surface area contributed by atoms with E-state index in [-0.39, 0.29) is 5.82 Å². The van der Waals surface area contributed by atoms with Gasteiger partial charge in [0, 0.05) is 12.6 Å². The summed E-state index contributed by atoms with van der Waals surface area (Å²) in [7, 11) is 1.81. The zero-order chi connectivity index (χ0) is 15.0. The second-order valence-electron chi connectivity index (χ2n) is 5.11. The van der Waals surface area contributed by atoms with E-state index in [2.05, 4.69) is 5.10 Å². The Kier molecular flexibility index (Phi) is 3.22. The van der Waals surface area contributed by atoms with Crippen molar-refractivity contribution in [3.63, 3.8) is 0 Å². The second-order valence-corrected chi connectivity index (χ2v) is 5.11. The Morgan fingerprint density at radius 1 is 0.952 bits per heavy atom. The first-order chi connectivity index (χ1) is 10.1. The van der Waals surface area contributed by atoms with Gasteiger partial charge >= 0.3 is 0 Å². The number of benzene rings is 2. The number of rotatable bonds is 2. The summed E-state index contributed by atoms with van der Waals surface area (Å²) in [6.07, 6.45) is 0. The number of aryl methyl sites for hydroxylation is 2. The average molecular weight is 281 g/mol. The first-order valence-corrected chi connectivity index (χ1v) is 6.71. The summed E-state index contributed by atoms with van der Waals surface area (Å²) in [5, 5.41) is 4.48. The van der Waals surface area contributed by atoms with Gasteiger partial charge in [-0.1, -0.05) is 29.8 Å². The predicted octanol–water partition coefficient (Wildman–Crippen LogP) is 3.78. The zero-order valence-corrected chi connectivity index (χ0v) is 12.0. The Bertz CT molecular complexity index is 771. The van der Waals surface area contributed by atoms with Crippen LogP contribution in [0.5, 0.6) is 0 Å². The van der Waals surface area contributed by atoms with Crippen LogP contribution >= 0.6 is 0 Å². The van der Waals surface area contributed by atoms with Crippen LogP contribution in [0.15, 0.2) is 48.5 Å². The summed E-state index contributed by atoms with van der Waals surface area (Å²) in [4.78, 5) is 0. The minimum absolute atomic E-state index is 0.264. The normalized spacial score (nSPS) is 10.8. The highest BCUT2D eigenvalue weighted by atomic mass is 19.1. The first-order valence-electron chi connectivity index (χ1n) is 6.71. The van der Waals surface area contributed by atoms with Crippen molar-refractivity contribution in [3.8, 4) is 22.4 Å². The van der Waals surface area contributed by atoms with E-state index < -0.39 is 0 Å².